The molecule has 0 aromatic carbocycles. The third kappa shape index (κ3) is 17.8. The van der Waals surface area contributed by atoms with Gasteiger partial charge in [0, 0.05) is 17.7 Å². The quantitative estimate of drug-likeness (QED) is 0.135. The minimum atomic E-state index is -0.806. The standard InChI is InChI=1S/C32H63NO3/c1-6-25-36-29(30(34)35)24-22-20-18-16-14-12-10-8-7-9-11-13-15-17-19-21-23-28-26-31(2,3)33-32(4,5)27-28/h28-29,33H,6-27H2,1-5H3,(H,34,35). The third-order valence-corrected chi connectivity index (χ3v) is 7.90. The van der Waals surface area contributed by atoms with Gasteiger partial charge in [0.2, 0.25) is 0 Å². The highest BCUT2D eigenvalue weighted by molar-refractivity contribution is 5.72. The molecule has 1 saturated heterocycles. The fourth-order valence-electron chi connectivity index (χ4n) is 6.51. The van der Waals surface area contributed by atoms with Gasteiger partial charge < -0.3 is 15.2 Å². The summed E-state index contributed by atoms with van der Waals surface area (Å²) in [6, 6.07) is 0. The lowest BCUT2D eigenvalue weighted by atomic mass is 9.74. The highest BCUT2D eigenvalue weighted by Gasteiger charge is 2.37. The molecule has 1 atom stereocenters. The van der Waals surface area contributed by atoms with Crippen LogP contribution < -0.4 is 5.32 Å². The van der Waals surface area contributed by atoms with Crippen LogP contribution in [0.4, 0.5) is 0 Å². The van der Waals surface area contributed by atoms with Crippen LogP contribution in [0.25, 0.3) is 0 Å². The van der Waals surface area contributed by atoms with E-state index in [4.69, 9.17) is 4.74 Å². The Morgan fingerprint density at radius 1 is 0.750 bits per heavy atom. The largest absolute Gasteiger partial charge is 0.479 e. The van der Waals surface area contributed by atoms with Crippen molar-refractivity contribution in [1.29, 1.82) is 0 Å². The zero-order chi connectivity index (χ0) is 26.7. The fourth-order valence-corrected chi connectivity index (χ4v) is 6.51. The highest BCUT2D eigenvalue weighted by Crippen LogP contribution is 2.35. The van der Waals surface area contributed by atoms with Crippen molar-refractivity contribution in [3.05, 3.63) is 0 Å². The van der Waals surface area contributed by atoms with Crippen LogP contribution in [0.3, 0.4) is 0 Å². The van der Waals surface area contributed by atoms with E-state index in [0.717, 1.165) is 25.2 Å². The first kappa shape index (κ1) is 33.4. The lowest BCUT2D eigenvalue weighted by Gasteiger charge is -2.46. The van der Waals surface area contributed by atoms with Gasteiger partial charge in [0.15, 0.2) is 6.10 Å². The molecule has 0 aliphatic carbocycles. The number of nitrogens with one attached hydrogen (secondary N) is 1. The first-order valence-corrected chi connectivity index (χ1v) is 15.8. The molecule has 0 bridgehead atoms. The number of carboxylic acid groups (broad SMARTS) is 1. The monoisotopic (exact) mass is 509 g/mol. The predicted molar refractivity (Wildman–Crippen MR) is 155 cm³/mol. The average Bonchev–Trinajstić information content (AvgIpc) is 2.77. The average molecular weight is 510 g/mol. The van der Waals surface area contributed by atoms with Crippen LogP contribution in [0.5, 0.6) is 0 Å². The van der Waals surface area contributed by atoms with Gasteiger partial charge in [-0.2, -0.15) is 0 Å². The second-order valence-corrected chi connectivity index (χ2v) is 13.1. The molecule has 4 nitrogen and oxygen atoms in total. The van der Waals surface area contributed by atoms with Gasteiger partial charge in [0.05, 0.1) is 0 Å². The van der Waals surface area contributed by atoms with Crippen LogP contribution in [-0.4, -0.2) is 34.9 Å². The summed E-state index contributed by atoms with van der Waals surface area (Å²) in [5.41, 5.74) is 0.593. The van der Waals surface area contributed by atoms with Crippen molar-refractivity contribution in [2.24, 2.45) is 5.92 Å². The molecule has 1 rings (SSSR count). The van der Waals surface area contributed by atoms with Crippen molar-refractivity contribution < 1.29 is 14.6 Å². The minimum absolute atomic E-state index is 0.297. The Labute approximate surface area is 225 Å². The van der Waals surface area contributed by atoms with Crippen molar-refractivity contribution in [1.82, 2.24) is 5.32 Å². The lowest BCUT2D eigenvalue weighted by Crippen LogP contribution is -2.57. The molecule has 0 amide bonds. The summed E-state index contributed by atoms with van der Waals surface area (Å²) in [5.74, 6) is 0.0956. The summed E-state index contributed by atoms with van der Waals surface area (Å²) < 4.78 is 5.41. The van der Waals surface area contributed by atoms with Crippen molar-refractivity contribution in [3.63, 3.8) is 0 Å². The number of unbranched alkanes of at least 4 members (excludes halogenated alkanes) is 15. The molecule has 1 aliphatic rings. The number of carbonyl (C=O) groups is 1. The fraction of sp³-hybridized carbons (Fsp3) is 0.969. The van der Waals surface area contributed by atoms with Gasteiger partial charge in [0.1, 0.15) is 0 Å². The van der Waals surface area contributed by atoms with Gasteiger partial charge in [0.25, 0.3) is 0 Å². The van der Waals surface area contributed by atoms with E-state index in [0.29, 0.717) is 24.1 Å². The molecule has 1 unspecified atom stereocenters. The Hall–Kier alpha value is -0.610. The summed E-state index contributed by atoms with van der Waals surface area (Å²) in [4.78, 5) is 11.2. The first-order valence-electron chi connectivity index (χ1n) is 15.8. The SMILES string of the molecule is CCCOC(CCCCCCCCCCCCCCCCCCC1CC(C)(C)NC(C)(C)C1)C(=O)O. The zero-order valence-electron chi connectivity index (χ0n) is 25.0. The van der Waals surface area contributed by atoms with E-state index < -0.39 is 12.1 Å². The van der Waals surface area contributed by atoms with Crippen LogP contribution in [0.2, 0.25) is 0 Å². The van der Waals surface area contributed by atoms with E-state index in [-0.39, 0.29) is 0 Å². The van der Waals surface area contributed by atoms with Gasteiger partial charge in [-0.25, -0.2) is 4.79 Å². The Kier molecular flexibility index (Phi) is 18.1. The molecule has 0 radical (unpaired) electrons. The summed E-state index contributed by atoms with van der Waals surface area (Å²) in [5, 5.41) is 13.0. The van der Waals surface area contributed by atoms with E-state index in [9.17, 15) is 9.90 Å². The van der Waals surface area contributed by atoms with Crippen molar-refractivity contribution >= 4 is 5.97 Å². The molecule has 36 heavy (non-hydrogen) atoms. The highest BCUT2D eigenvalue weighted by atomic mass is 16.5. The van der Waals surface area contributed by atoms with Gasteiger partial charge in [-0.05, 0) is 59.3 Å². The number of rotatable bonds is 23. The van der Waals surface area contributed by atoms with E-state index in [1.165, 1.54) is 109 Å². The molecular weight excluding hydrogens is 446 g/mol. The van der Waals surface area contributed by atoms with Crippen LogP contribution >= 0.6 is 0 Å². The number of hydrogen-bond acceptors (Lipinski definition) is 3. The smallest absolute Gasteiger partial charge is 0.332 e. The number of piperidine rings is 1. The molecule has 2 N–H and O–H groups in total. The molecule has 0 aromatic heterocycles. The Balaban J connectivity index is 1.81. The van der Waals surface area contributed by atoms with Crippen molar-refractivity contribution in [3.8, 4) is 0 Å². The summed E-state index contributed by atoms with van der Waals surface area (Å²) in [6.45, 7) is 12.0. The van der Waals surface area contributed by atoms with Crippen LogP contribution in [-0.2, 0) is 9.53 Å². The van der Waals surface area contributed by atoms with Gasteiger partial charge in [-0.3, -0.25) is 0 Å². The van der Waals surface area contributed by atoms with Crippen molar-refractivity contribution in [2.45, 2.75) is 187 Å². The molecule has 1 fully saturated rings. The van der Waals surface area contributed by atoms with E-state index >= 15 is 0 Å². The molecule has 214 valence electrons. The second kappa shape index (κ2) is 19.5. The number of ether oxygens (including phenoxy) is 1. The second-order valence-electron chi connectivity index (χ2n) is 13.1. The molecule has 1 heterocycles. The third-order valence-electron chi connectivity index (χ3n) is 7.90. The topological polar surface area (TPSA) is 58.6 Å². The zero-order valence-corrected chi connectivity index (χ0v) is 25.0. The van der Waals surface area contributed by atoms with E-state index in [1.807, 2.05) is 6.92 Å². The van der Waals surface area contributed by atoms with Gasteiger partial charge in [-0.1, -0.05) is 116 Å². The Bertz CT molecular complexity index is 530. The van der Waals surface area contributed by atoms with Crippen LogP contribution in [0.1, 0.15) is 169 Å². The minimum Gasteiger partial charge on any atom is -0.479 e. The summed E-state index contributed by atoms with van der Waals surface area (Å²) >= 11 is 0. The molecule has 0 saturated carbocycles. The first-order chi connectivity index (χ1) is 17.2. The maximum atomic E-state index is 11.2. The van der Waals surface area contributed by atoms with Crippen molar-refractivity contribution in [2.75, 3.05) is 6.61 Å². The van der Waals surface area contributed by atoms with E-state index in [1.54, 1.807) is 0 Å². The van der Waals surface area contributed by atoms with Gasteiger partial charge in [-0.15, -0.1) is 0 Å². The maximum absolute atomic E-state index is 11.2. The Morgan fingerprint density at radius 3 is 1.53 bits per heavy atom. The van der Waals surface area contributed by atoms with Crippen LogP contribution in [0.15, 0.2) is 0 Å². The van der Waals surface area contributed by atoms with Crippen LogP contribution in [0, 0.1) is 5.92 Å². The lowest BCUT2D eigenvalue weighted by molar-refractivity contribution is -0.150. The summed E-state index contributed by atoms with van der Waals surface area (Å²) in [6.07, 6.45) is 26.5. The van der Waals surface area contributed by atoms with E-state index in [2.05, 4.69) is 33.0 Å². The summed E-state index contributed by atoms with van der Waals surface area (Å²) in [7, 11) is 0. The normalized spacial score (nSPS) is 18.4. The molecule has 0 spiro atoms. The molecule has 1 aliphatic heterocycles. The number of hydrogen-bond donors (Lipinski definition) is 2. The molecule has 4 heteroatoms. The Morgan fingerprint density at radius 2 is 1.14 bits per heavy atom. The maximum Gasteiger partial charge on any atom is 0.332 e. The predicted octanol–water partition coefficient (Wildman–Crippen LogP) is 9.44. The molecule has 0 aromatic rings. The molecular formula is C32H63NO3. The number of aliphatic carboxylic acids is 1. The van der Waals surface area contributed by atoms with Gasteiger partial charge >= 0.3 is 5.97 Å². The number of carboxylic acids is 1.